The van der Waals surface area contributed by atoms with Gasteiger partial charge in [0.1, 0.15) is 5.69 Å². The van der Waals surface area contributed by atoms with Crippen LogP contribution in [0.3, 0.4) is 0 Å². The molecule has 4 heterocycles. The zero-order valence-corrected chi connectivity index (χ0v) is 13.7. The van der Waals surface area contributed by atoms with Gasteiger partial charge in [0.05, 0.1) is 18.2 Å². The minimum absolute atomic E-state index is 0.0713. The van der Waals surface area contributed by atoms with Crippen LogP contribution in [0, 0.1) is 0 Å². The molecule has 0 radical (unpaired) electrons. The first-order valence-corrected chi connectivity index (χ1v) is 8.32. The zero-order chi connectivity index (χ0) is 17.1. The number of hydrogen-bond acceptors (Lipinski definition) is 5. The number of imidazole rings is 1. The lowest BCUT2D eigenvalue weighted by Gasteiger charge is -2.25. The van der Waals surface area contributed by atoms with E-state index in [1.807, 2.05) is 17.0 Å². The fourth-order valence-electron chi connectivity index (χ4n) is 3.30. The van der Waals surface area contributed by atoms with Crippen molar-refractivity contribution in [2.45, 2.75) is 25.3 Å². The summed E-state index contributed by atoms with van der Waals surface area (Å²) < 4.78 is 0. The lowest BCUT2D eigenvalue weighted by atomic mass is 10.1. The van der Waals surface area contributed by atoms with Gasteiger partial charge in [0, 0.05) is 43.7 Å². The smallest absolute Gasteiger partial charge is 0.227 e. The van der Waals surface area contributed by atoms with Gasteiger partial charge in [0.25, 0.3) is 0 Å². The van der Waals surface area contributed by atoms with Crippen molar-refractivity contribution in [2.24, 2.45) is 0 Å². The van der Waals surface area contributed by atoms with E-state index in [-0.39, 0.29) is 11.9 Å². The van der Waals surface area contributed by atoms with Crippen molar-refractivity contribution in [1.29, 1.82) is 0 Å². The maximum atomic E-state index is 12.8. The van der Waals surface area contributed by atoms with Gasteiger partial charge in [-0.25, -0.2) is 9.97 Å². The van der Waals surface area contributed by atoms with Crippen LogP contribution < -0.4 is 0 Å². The summed E-state index contributed by atoms with van der Waals surface area (Å²) in [6, 6.07) is 3.70. The third-order valence-electron chi connectivity index (χ3n) is 4.42. The number of amides is 1. The Morgan fingerprint density at radius 3 is 2.92 bits per heavy atom. The average Bonchev–Trinajstić information content (AvgIpc) is 3.34. The molecule has 1 amide bonds. The molecule has 3 aromatic rings. The topological polar surface area (TPSA) is 87.7 Å². The van der Waals surface area contributed by atoms with E-state index in [1.54, 1.807) is 37.2 Å². The molecule has 0 saturated carbocycles. The molecule has 1 saturated heterocycles. The number of carbonyl (C=O) groups is 1. The standard InChI is InChI=1S/C18H18N6O/c25-15(11-13-3-1-5-19-12-13)24-10-2-4-14(24)16-17(21-7-6-20-16)18-22-8-9-23-18/h1,3,5-9,12,14H,2,4,10-11H2,(H,22,23)/t14-/m1/s1. The number of nitrogens with zero attached hydrogens (tertiary/aromatic N) is 5. The van der Waals surface area contributed by atoms with Gasteiger partial charge < -0.3 is 9.88 Å². The van der Waals surface area contributed by atoms with Gasteiger partial charge in [-0.05, 0) is 24.5 Å². The highest BCUT2D eigenvalue weighted by Crippen LogP contribution is 2.34. The van der Waals surface area contributed by atoms with Crippen LogP contribution in [0.1, 0.15) is 30.1 Å². The molecule has 1 atom stereocenters. The Hall–Kier alpha value is -3.09. The minimum Gasteiger partial charge on any atom is -0.343 e. The SMILES string of the molecule is O=C(Cc1cccnc1)N1CCC[C@@H]1c1nccnc1-c1ncc[nH]1. The molecule has 25 heavy (non-hydrogen) atoms. The predicted octanol–water partition coefficient (Wildman–Crippen LogP) is 2.17. The van der Waals surface area contributed by atoms with Gasteiger partial charge in [-0.3, -0.25) is 14.8 Å². The molecule has 0 bridgehead atoms. The van der Waals surface area contributed by atoms with Crippen LogP contribution in [0.25, 0.3) is 11.5 Å². The maximum Gasteiger partial charge on any atom is 0.227 e. The number of carbonyl (C=O) groups excluding carboxylic acids is 1. The van der Waals surface area contributed by atoms with E-state index >= 15 is 0 Å². The third-order valence-corrected chi connectivity index (χ3v) is 4.42. The summed E-state index contributed by atoms with van der Waals surface area (Å²) in [5.74, 6) is 0.765. The number of aromatic amines is 1. The van der Waals surface area contributed by atoms with Crippen molar-refractivity contribution in [2.75, 3.05) is 6.54 Å². The Balaban J connectivity index is 1.61. The third kappa shape index (κ3) is 3.13. The number of H-pyrrole nitrogens is 1. The van der Waals surface area contributed by atoms with Crippen LogP contribution in [0.15, 0.2) is 49.3 Å². The molecular formula is C18H18N6O. The second-order valence-corrected chi connectivity index (χ2v) is 6.01. The van der Waals surface area contributed by atoms with Gasteiger partial charge in [-0.1, -0.05) is 6.07 Å². The maximum absolute atomic E-state index is 12.8. The first-order chi connectivity index (χ1) is 12.3. The second kappa shape index (κ2) is 6.80. The molecular weight excluding hydrogens is 316 g/mol. The zero-order valence-electron chi connectivity index (χ0n) is 13.7. The summed E-state index contributed by atoms with van der Waals surface area (Å²) in [5, 5.41) is 0. The van der Waals surface area contributed by atoms with Crippen molar-refractivity contribution in [1.82, 2.24) is 29.8 Å². The van der Waals surface area contributed by atoms with Gasteiger partial charge in [0.2, 0.25) is 5.91 Å². The summed E-state index contributed by atoms with van der Waals surface area (Å²) in [7, 11) is 0. The first kappa shape index (κ1) is 15.4. The number of rotatable bonds is 4. The fraction of sp³-hybridized carbons (Fsp3) is 0.278. The molecule has 3 aromatic heterocycles. The molecule has 1 N–H and O–H groups in total. The number of hydrogen-bond donors (Lipinski definition) is 1. The Kier molecular flexibility index (Phi) is 4.20. The minimum atomic E-state index is -0.0713. The summed E-state index contributed by atoms with van der Waals surface area (Å²) in [6.07, 6.45) is 12.4. The molecule has 4 rings (SSSR count). The number of aromatic nitrogens is 5. The Morgan fingerprint density at radius 2 is 2.12 bits per heavy atom. The van der Waals surface area contributed by atoms with Crippen molar-refractivity contribution >= 4 is 5.91 Å². The van der Waals surface area contributed by atoms with Crippen molar-refractivity contribution in [3.05, 3.63) is 60.6 Å². The lowest BCUT2D eigenvalue weighted by molar-refractivity contribution is -0.131. The number of likely N-dealkylation sites (tertiary alicyclic amines) is 1. The van der Waals surface area contributed by atoms with E-state index < -0.39 is 0 Å². The van der Waals surface area contributed by atoms with Crippen molar-refractivity contribution in [3.63, 3.8) is 0 Å². The van der Waals surface area contributed by atoms with E-state index in [9.17, 15) is 4.79 Å². The molecule has 126 valence electrons. The van der Waals surface area contributed by atoms with Crippen molar-refractivity contribution in [3.8, 4) is 11.5 Å². The highest BCUT2D eigenvalue weighted by atomic mass is 16.2. The van der Waals surface area contributed by atoms with Crippen LogP contribution in [0.2, 0.25) is 0 Å². The molecule has 0 spiro atoms. The van der Waals surface area contributed by atoms with Crippen LogP contribution in [0.4, 0.5) is 0 Å². The lowest BCUT2D eigenvalue weighted by Crippen LogP contribution is -2.32. The molecule has 1 aliphatic rings. The normalized spacial score (nSPS) is 17.0. The quantitative estimate of drug-likeness (QED) is 0.790. The molecule has 7 heteroatoms. The molecule has 0 unspecified atom stereocenters. The van der Waals surface area contributed by atoms with Crippen LogP contribution in [-0.2, 0) is 11.2 Å². The largest absolute Gasteiger partial charge is 0.343 e. The van der Waals surface area contributed by atoms with Gasteiger partial charge >= 0.3 is 0 Å². The Morgan fingerprint density at radius 1 is 1.20 bits per heavy atom. The highest BCUT2D eigenvalue weighted by Gasteiger charge is 2.33. The van der Waals surface area contributed by atoms with E-state index in [4.69, 9.17) is 0 Å². The Labute approximate surface area is 145 Å². The van der Waals surface area contributed by atoms with Crippen molar-refractivity contribution < 1.29 is 4.79 Å². The Bertz CT molecular complexity index is 849. The van der Waals surface area contributed by atoms with Crippen LogP contribution in [0.5, 0.6) is 0 Å². The van der Waals surface area contributed by atoms with Gasteiger partial charge in [0.15, 0.2) is 5.82 Å². The second-order valence-electron chi connectivity index (χ2n) is 6.01. The number of pyridine rings is 1. The summed E-state index contributed by atoms with van der Waals surface area (Å²) in [4.78, 5) is 35.1. The summed E-state index contributed by atoms with van der Waals surface area (Å²) in [6.45, 7) is 0.734. The molecule has 1 aliphatic heterocycles. The summed E-state index contributed by atoms with van der Waals surface area (Å²) in [5.41, 5.74) is 2.43. The van der Waals surface area contributed by atoms with Gasteiger partial charge in [-0.2, -0.15) is 0 Å². The molecule has 0 aliphatic carbocycles. The summed E-state index contributed by atoms with van der Waals surface area (Å²) >= 11 is 0. The molecule has 7 nitrogen and oxygen atoms in total. The highest BCUT2D eigenvalue weighted by molar-refractivity contribution is 5.79. The average molecular weight is 334 g/mol. The number of nitrogens with one attached hydrogen (secondary N) is 1. The monoisotopic (exact) mass is 334 g/mol. The van der Waals surface area contributed by atoms with E-state index in [0.717, 1.165) is 30.6 Å². The molecule has 1 fully saturated rings. The van der Waals surface area contributed by atoms with Crippen LogP contribution >= 0.6 is 0 Å². The first-order valence-electron chi connectivity index (χ1n) is 8.32. The van der Waals surface area contributed by atoms with Gasteiger partial charge in [-0.15, -0.1) is 0 Å². The predicted molar refractivity (Wildman–Crippen MR) is 91.2 cm³/mol. The fourth-order valence-corrected chi connectivity index (χ4v) is 3.30. The molecule has 0 aromatic carbocycles. The van der Waals surface area contributed by atoms with E-state index in [0.29, 0.717) is 17.9 Å². The van der Waals surface area contributed by atoms with E-state index in [2.05, 4.69) is 24.9 Å². The van der Waals surface area contributed by atoms with Crippen LogP contribution in [-0.4, -0.2) is 42.3 Å². The van der Waals surface area contributed by atoms with E-state index in [1.165, 1.54) is 0 Å².